The van der Waals surface area contributed by atoms with Gasteiger partial charge in [0, 0.05) is 19.3 Å². The summed E-state index contributed by atoms with van der Waals surface area (Å²) in [6.07, 6.45) is 2.96. The first-order chi connectivity index (χ1) is 6.77. The van der Waals surface area contributed by atoms with Gasteiger partial charge < -0.3 is 5.32 Å². The van der Waals surface area contributed by atoms with Gasteiger partial charge in [0.05, 0.1) is 11.9 Å². The Kier molecular flexibility index (Phi) is 3.12. The van der Waals surface area contributed by atoms with Gasteiger partial charge in [-0.05, 0) is 22.4 Å². The van der Waals surface area contributed by atoms with E-state index in [-0.39, 0.29) is 0 Å². The highest BCUT2D eigenvalue weighted by molar-refractivity contribution is 9.10. The van der Waals surface area contributed by atoms with Gasteiger partial charge in [0.1, 0.15) is 4.60 Å². The molecule has 0 aromatic carbocycles. The molecule has 2 rings (SSSR count). The van der Waals surface area contributed by atoms with Gasteiger partial charge in [0.25, 0.3) is 0 Å². The van der Waals surface area contributed by atoms with Gasteiger partial charge in [-0.1, -0.05) is 11.8 Å². The Balaban J connectivity index is 2.10. The quantitative estimate of drug-likeness (QED) is 0.853. The van der Waals surface area contributed by atoms with E-state index in [0.717, 1.165) is 27.8 Å². The van der Waals surface area contributed by atoms with Crippen molar-refractivity contribution in [3.05, 3.63) is 10.8 Å². The standard InChI is InChI=1S/C8H11BrN4S/c1-13-7(9)6(5-11-13)12-8-10-3-2-4-14-8/h5H,2-4H2,1H3,(H,10,12). The number of hydrogen-bond donors (Lipinski definition) is 1. The topological polar surface area (TPSA) is 42.2 Å². The van der Waals surface area contributed by atoms with Crippen LogP contribution in [0.4, 0.5) is 5.69 Å². The van der Waals surface area contributed by atoms with Crippen molar-refractivity contribution in [2.45, 2.75) is 6.42 Å². The van der Waals surface area contributed by atoms with Crippen LogP contribution >= 0.6 is 27.7 Å². The van der Waals surface area contributed by atoms with Crippen LogP contribution in [-0.2, 0) is 7.05 Å². The number of aryl methyl sites for hydroxylation is 1. The Morgan fingerprint density at radius 2 is 2.50 bits per heavy atom. The van der Waals surface area contributed by atoms with Crippen LogP contribution in [0.25, 0.3) is 0 Å². The first-order valence-corrected chi connectivity index (χ1v) is 6.17. The third kappa shape index (κ3) is 2.12. The number of nitrogens with zero attached hydrogens (tertiary/aromatic N) is 3. The van der Waals surface area contributed by atoms with E-state index in [1.165, 1.54) is 6.42 Å². The van der Waals surface area contributed by atoms with Gasteiger partial charge in [0.15, 0.2) is 5.17 Å². The van der Waals surface area contributed by atoms with Gasteiger partial charge >= 0.3 is 0 Å². The third-order valence-electron chi connectivity index (χ3n) is 1.90. The Labute approximate surface area is 95.3 Å². The zero-order valence-electron chi connectivity index (χ0n) is 7.83. The maximum Gasteiger partial charge on any atom is 0.161 e. The van der Waals surface area contributed by atoms with Crippen molar-refractivity contribution in [1.82, 2.24) is 9.78 Å². The van der Waals surface area contributed by atoms with Gasteiger partial charge in [-0.2, -0.15) is 5.10 Å². The van der Waals surface area contributed by atoms with Gasteiger partial charge in [0.2, 0.25) is 0 Å². The number of aliphatic imine (C=N–C) groups is 1. The average Bonchev–Trinajstić information content (AvgIpc) is 2.52. The second-order valence-corrected chi connectivity index (χ2v) is 4.82. The van der Waals surface area contributed by atoms with Crippen LogP contribution in [0.5, 0.6) is 0 Å². The molecule has 0 atom stereocenters. The molecule has 0 amide bonds. The van der Waals surface area contributed by atoms with E-state index >= 15 is 0 Å². The lowest BCUT2D eigenvalue weighted by molar-refractivity contribution is 0.750. The Morgan fingerprint density at radius 3 is 3.07 bits per heavy atom. The predicted molar refractivity (Wildman–Crippen MR) is 63.9 cm³/mol. The van der Waals surface area contributed by atoms with Crippen molar-refractivity contribution in [1.29, 1.82) is 0 Å². The molecule has 14 heavy (non-hydrogen) atoms. The highest BCUT2D eigenvalue weighted by Gasteiger charge is 2.10. The smallest absolute Gasteiger partial charge is 0.161 e. The summed E-state index contributed by atoms with van der Waals surface area (Å²) in [7, 11) is 1.89. The second kappa shape index (κ2) is 4.35. The summed E-state index contributed by atoms with van der Waals surface area (Å²) in [6, 6.07) is 0. The van der Waals surface area contributed by atoms with E-state index in [4.69, 9.17) is 0 Å². The normalized spacial score (nSPS) is 16.6. The Bertz CT molecular complexity index is 360. The molecule has 0 spiro atoms. The molecule has 76 valence electrons. The molecule has 1 aromatic rings. The van der Waals surface area contributed by atoms with Crippen LogP contribution in [-0.4, -0.2) is 27.2 Å². The second-order valence-electron chi connectivity index (χ2n) is 2.99. The van der Waals surface area contributed by atoms with E-state index in [0.29, 0.717) is 0 Å². The highest BCUT2D eigenvalue weighted by Crippen LogP contribution is 2.23. The molecule has 0 fully saturated rings. The zero-order chi connectivity index (χ0) is 9.97. The molecule has 0 radical (unpaired) electrons. The molecule has 0 aliphatic carbocycles. The molecule has 0 bridgehead atoms. The third-order valence-corrected chi connectivity index (χ3v) is 3.84. The minimum Gasteiger partial charge on any atom is -0.331 e. The minimum atomic E-state index is 0.924. The van der Waals surface area contributed by atoms with E-state index in [1.807, 2.05) is 7.05 Å². The van der Waals surface area contributed by atoms with Crippen LogP contribution in [0.15, 0.2) is 15.8 Å². The largest absolute Gasteiger partial charge is 0.331 e. The molecule has 0 saturated carbocycles. The average molecular weight is 275 g/mol. The monoisotopic (exact) mass is 274 g/mol. The highest BCUT2D eigenvalue weighted by atomic mass is 79.9. The molecule has 1 N–H and O–H groups in total. The molecule has 0 unspecified atom stereocenters. The van der Waals surface area contributed by atoms with Crippen LogP contribution < -0.4 is 5.32 Å². The number of anilines is 1. The zero-order valence-corrected chi connectivity index (χ0v) is 10.2. The number of rotatable bonds is 1. The molecule has 6 heteroatoms. The van der Waals surface area contributed by atoms with Gasteiger partial charge in [-0.25, -0.2) is 0 Å². The number of aromatic nitrogens is 2. The number of nitrogens with one attached hydrogen (secondary N) is 1. The Morgan fingerprint density at radius 1 is 1.64 bits per heavy atom. The molecule has 0 saturated heterocycles. The summed E-state index contributed by atoms with van der Waals surface area (Å²) < 4.78 is 2.72. The lowest BCUT2D eigenvalue weighted by Crippen LogP contribution is -2.13. The molecular formula is C8H11BrN4S. The van der Waals surface area contributed by atoms with E-state index in [9.17, 15) is 0 Å². The molecule has 2 heterocycles. The molecule has 4 nitrogen and oxygen atoms in total. The maximum atomic E-state index is 4.39. The fourth-order valence-corrected chi connectivity index (χ4v) is 2.28. The fourth-order valence-electron chi connectivity index (χ4n) is 1.16. The van der Waals surface area contributed by atoms with Gasteiger partial charge in [-0.15, -0.1) is 0 Å². The van der Waals surface area contributed by atoms with Crippen molar-refractivity contribution >= 4 is 38.5 Å². The molecule has 1 aliphatic heterocycles. The summed E-state index contributed by atoms with van der Waals surface area (Å²) >= 11 is 5.21. The van der Waals surface area contributed by atoms with Crippen LogP contribution in [0.2, 0.25) is 0 Å². The Hall–Kier alpha value is -0.490. The van der Waals surface area contributed by atoms with Crippen molar-refractivity contribution in [3.63, 3.8) is 0 Å². The molecule has 1 aromatic heterocycles. The first-order valence-electron chi connectivity index (χ1n) is 4.39. The predicted octanol–water partition coefficient (Wildman–Crippen LogP) is 2.09. The van der Waals surface area contributed by atoms with Crippen molar-refractivity contribution in [3.8, 4) is 0 Å². The lowest BCUT2D eigenvalue weighted by Gasteiger charge is -2.12. The number of hydrogen-bond acceptors (Lipinski definition) is 4. The first kappa shape index (κ1) is 10.0. The minimum absolute atomic E-state index is 0.924. The van der Waals surface area contributed by atoms with Crippen molar-refractivity contribution in [2.24, 2.45) is 12.0 Å². The van der Waals surface area contributed by atoms with E-state index in [1.54, 1.807) is 22.6 Å². The van der Waals surface area contributed by atoms with Crippen molar-refractivity contribution in [2.75, 3.05) is 17.6 Å². The van der Waals surface area contributed by atoms with E-state index in [2.05, 4.69) is 31.3 Å². The van der Waals surface area contributed by atoms with Crippen LogP contribution in [0.1, 0.15) is 6.42 Å². The summed E-state index contributed by atoms with van der Waals surface area (Å²) in [6.45, 7) is 0.924. The summed E-state index contributed by atoms with van der Waals surface area (Å²) in [5.41, 5.74) is 0.973. The molecular weight excluding hydrogens is 264 g/mol. The number of amidine groups is 1. The molecule has 1 aliphatic rings. The summed E-state index contributed by atoms with van der Waals surface area (Å²) in [5, 5.41) is 8.37. The number of halogens is 1. The fraction of sp³-hybridized carbons (Fsp3) is 0.500. The van der Waals surface area contributed by atoms with Gasteiger partial charge in [-0.3, -0.25) is 9.67 Å². The van der Waals surface area contributed by atoms with Crippen LogP contribution in [0.3, 0.4) is 0 Å². The van der Waals surface area contributed by atoms with E-state index < -0.39 is 0 Å². The number of thioether (sulfide) groups is 1. The SMILES string of the molecule is Cn1ncc(NC2=NCCCS2)c1Br. The lowest BCUT2D eigenvalue weighted by atomic mass is 10.5. The maximum absolute atomic E-state index is 4.39. The summed E-state index contributed by atoms with van der Waals surface area (Å²) in [5.74, 6) is 1.14. The summed E-state index contributed by atoms with van der Waals surface area (Å²) in [4.78, 5) is 4.39. The van der Waals surface area contributed by atoms with Crippen LogP contribution in [0, 0.1) is 0 Å². The van der Waals surface area contributed by atoms with Crippen molar-refractivity contribution < 1.29 is 0 Å².